The lowest BCUT2D eigenvalue weighted by atomic mass is 10.0. The van der Waals surface area contributed by atoms with Crippen molar-refractivity contribution in [3.05, 3.63) is 194 Å². The number of hydrogen-bond donors (Lipinski definition) is 0. The topological polar surface area (TPSA) is 78.9 Å². The number of carbonyl (C=O) groups is 3. The van der Waals surface area contributed by atoms with Gasteiger partial charge in [0.05, 0.1) is 6.42 Å². The van der Waals surface area contributed by atoms with E-state index in [0.717, 1.165) is 122 Å². The molecule has 6 nitrogen and oxygen atoms in total. The number of carbonyl (C=O) groups excluding carboxylic acids is 3. The van der Waals surface area contributed by atoms with Gasteiger partial charge in [0.2, 0.25) is 0 Å². The highest BCUT2D eigenvalue weighted by molar-refractivity contribution is 5.72. The number of hydrogen-bond acceptors (Lipinski definition) is 6. The van der Waals surface area contributed by atoms with Gasteiger partial charge in [-0.15, -0.1) is 0 Å². The van der Waals surface area contributed by atoms with Crippen molar-refractivity contribution in [2.24, 2.45) is 0 Å². The zero-order valence-electron chi connectivity index (χ0n) is 51.5. The smallest absolute Gasteiger partial charge is 0.309 e. The first kappa shape index (κ1) is 75.2. The Balaban J connectivity index is 4.55. The van der Waals surface area contributed by atoms with Gasteiger partial charge in [-0.05, 0) is 135 Å². The van der Waals surface area contributed by atoms with E-state index in [-0.39, 0.29) is 32.0 Å². The normalized spacial score (nSPS) is 13.5. The lowest BCUT2D eigenvalue weighted by Crippen LogP contribution is -2.30. The van der Waals surface area contributed by atoms with E-state index in [4.69, 9.17) is 14.2 Å². The largest absolute Gasteiger partial charge is 0.462 e. The van der Waals surface area contributed by atoms with Gasteiger partial charge >= 0.3 is 17.9 Å². The molecule has 0 amide bonds. The van der Waals surface area contributed by atoms with Crippen LogP contribution in [0.25, 0.3) is 0 Å². The zero-order chi connectivity index (χ0) is 58.5. The Kier molecular flexibility index (Phi) is 62.0. The SMILES string of the molecule is CC/C=C\C/C=C\C/C=C\C/C=C\C/C=C\C/C=C\C/C=C\CCCC(=O)OC(COC(=O)C/C=C\C/C=C\C/C=C\C/C=C\C/C=C\CC)COC(=O)CCCCCCCCCCCCCC/C=C\C/C=C\C/C=C\C/C=C\CC. The molecule has 1 atom stereocenters. The minimum Gasteiger partial charge on any atom is -0.462 e. The average Bonchev–Trinajstić information content (AvgIpc) is 3.47. The predicted octanol–water partition coefficient (Wildman–Crippen LogP) is 22.2. The van der Waals surface area contributed by atoms with Crippen LogP contribution in [0.5, 0.6) is 0 Å². The van der Waals surface area contributed by atoms with E-state index in [2.05, 4.69) is 203 Å². The summed E-state index contributed by atoms with van der Waals surface area (Å²) in [5, 5.41) is 0. The maximum atomic E-state index is 12.9. The van der Waals surface area contributed by atoms with Crippen LogP contribution in [0.2, 0.25) is 0 Å². The number of allylic oxidation sites excluding steroid dienone is 31. The molecular formula is C75H114O6. The fourth-order valence-corrected chi connectivity index (χ4v) is 7.97. The van der Waals surface area contributed by atoms with E-state index in [9.17, 15) is 14.4 Å². The van der Waals surface area contributed by atoms with Crippen molar-refractivity contribution in [2.45, 2.75) is 245 Å². The van der Waals surface area contributed by atoms with Gasteiger partial charge < -0.3 is 14.2 Å². The zero-order valence-corrected chi connectivity index (χ0v) is 51.5. The van der Waals surface area contributed by atoms with Crippen LogP contribution in [-0.4, -0.2) is 37.2 Å². The molecule has 0 radical (unpaired) electrons. The molecule has 0 fully saturated rings. The summed E-state index contributed by atoms with van der Waals surface area (Å²) in [5.41, 5.74) is 0. The highest BCUT2D eigenvalue weighted by atomic mass is 16.6. The number of unbranched alkanes of at least 4 members (excludes halogenated alkanes) is 13. The van der Waals surface area contributed by atoms with Crippen molar-refractivity contribution >= 4 is 17.9 Å². The predicted molar refractivity (Wildman–Crippen MR) is 352 cm³/mol. The molecule has 0 aromatic rings. The van der Waals surface area contributed by atoms with Crippen molar-refractivity contribution in [3.8, 4) is 0 Å². The molecule has 0 aliphatic carbocycles. The van der Waals surface area contributed by atoms with Gasteiger partial charge in [-0.3, -0.25) is 14.4 Å². The Labute approximate surface area is 497 Å². The van der Waals surface area contributed by atoms with Crippen LogP contribution in [0.3, 0.4) is 0 Å². The summed E-state index contributed by atoms with van der Waals surface area (Å²) in [6.07, 6.45) is 102. The minimum atomic E-state index is -0.863. The molecule has 0 aromatic carbocycles. The lowest BCUT2D eigenvalue weighted by Gasteiger charge is -2.18. The van der Waals surface area contributed by atoms with Crippen LogP contribution in [0.15, 0.2) is 194 Å². The number of esters is 3. The van der Waals surface area contributed by atoms with Crippen LogP contribution in [-0.2, 0) is 28.6 Å². The summed E-state index contributed by atoms with van der Waals surface area (Å²) in [7, 11) is 0. The molecule has 1 unspecified atom stereocenters. The Morgan fingerprint density at radius 1 is 0.259 bits per heavy atom. The van der Waals surface area contributed by atoms with E-state index >= 15 is 0 Å². The highest BCUT2D eigenvalue weighted by Gasteiger charge is 2.19. The molecule has 450 valence electrons. The van der Waals surface area contributed by atoms with Gasteiger partial charge in [-0.2, -0.15) is 0 Å². The Morgan fingerprint density at radius 3 is 0.840 bits per heavy atom. The first-order valence-corrected chi connectivity index (χ1v) is 31.9. The first-order valence-electron chi connectivity index (χ1n) is 31.9. The Morgan fingerprint density at radius 2 is 0.506 bits per heavy atom. The summed E-state index contributed by atoms with van der Waals surface area (Å²) in [6.45, 7) is 6.15. The molecule has 0 N–H and O–H groups in total. The van der Waals surface area contributed by atoms with Crippen LogP contribution >= 0.6 is 0 Å². The van der Waals surface area contributed by atoms with Gasteiger partial charge in [0.25, 0.3) is 0 Å². The van der Waals surface area contributed by atoms with E-state index < -0.39 is 18.0 Å². The molecule has 0 rings (SSSR count). The van der Waals surface area contributed by atoms with Crippen molar-refractivity contribution < 1.29 is 28.6 Å². The molecule has 81 heavy (non-hydrogen) atoms. The maximum Gasteiger partial charge on any atom is 0.309 e. The highest BCUT2D eigenvalue weighted by Crippen LogP contribution is 2.14. The van der Waals surface area contributed by atoms with Crippen molar-refractivity contribution in [2.75, 3.05) is 13.2 Å². The van der Waals surface area contributed by atoms with Gasteiger partial charge in [0.1, 0.15) is 13.2 Å². The molecule has 0 aliphatic rings. The number of rotatable bonds is 55. The van der Waals surface area contributed by atoms with Crippen molar-refractivity contribution in [3.63, 3.8) is 0 Å². The second kappa shape index (κ2) is 66.8. The monoisotopic (exact) mass is 1110 g/mol. The second-order valence-electron chi connectivity index (χ2n) is 20.2. The molecule has 0 saturated heterocycles. The molecule has 0 saturated carbocycles. The quantitative estimate of drug-likeness (QED) is 0.0261. The minimum absolute atomic E-state index is 0.104. The van der Waals surface area contributed by atoms with Crippen LogP contribution in [0.1, 0.15) is 239 Å². The fourth-order valence-electron chi connectivity index (χ4n) is 7.97. The maximum absolute atomic E-state index is 12.9. The molecule has 0 spiro atoms. The van der Waals surface area contributed by atoms with Gasteiger partial charge in [-0.25, -0.2) is 0 Å². The first-order chi connectivity index (χ1) is 40.0. The van der Waals surface area contributed by atoms with E-state index in [1.54, 1.807) is 6.08 Å². The third-order valence-corrected chi connectivity index (χ3v) is 12.6. The molecule has 0 heterocycles. The standard InChI is InChI=1S/C75H114O6/c1-4-7-10-13-16-19-22-25-28-30-32-34-36-37-39-40-42-44-47-50-53-56-59-62-65-68-74(77)80-71-72(70-79-73(76)67-64-61-58-55-52-49-46-27-24-21-18-15-12-9-6-3)81-75(78)69-66-63-60-57-54-51-48-45-43-41-38-35-33-31-29-26-23-20-17-14-11-8-5-2/h7-12,16-21,25-29,32-35,41,43,46,48,51-52,55,57,60-61,64,72H,4-6,13-15,22-24,30-31,36-40,42,44-45,47,49-50,53-54,56,58-59,62-63,65-71H2,1-3H3/b10-7-,11-8-,12-9-,19-16-,20-17-,21-18-,28-25-,29-26-,34-32-,35-33-,43-41-,46-27-,51-48-,55-52-,60-57-,64-61-. The number of ether oxygens (including phenoxy) is 3. The third kappa shape index (κ3) is 64.9. The van der Waals surface area contributed by atoms with Crippen molar-refractivity contribution in [1.82, 2.24) is 0 Å². The van der Waals surface area contributed by atoms with Crippen LogP contribution in [0, 0.1) is 0 Å². The second-order valence-corrected chi connectivity index (χ2v) is 20.2. The third-order valence-electron chi connectivity index (χ3n) is 12.6. The molecule has 0 aromatic heterocycles. The summed E-state index contributed by atoms with van der Waals surface area (Å²) >= 11 is 0. The van der Waals surface area contributed by atoms with Crippen LogP contribution < -0.4 is 0 Å². The summed E-state index contributed by atoms with van der Waals surface area (Å²) in [4.78, 5) is 38.3. The van der Waals surface area contributed by atoms with Gasteiger partial charge in [0, 0.05) is 12.8 Å². The van der Waals surface area contributed by atoms with Crippen molar-refractivity contribution in [1.29, 1.82) is 0 Å². The van der Waals surface area contributed by atoms with E-state index in [0.29, 0.717) is 19.3 Å². The molecule has 0 bridgehead atoms. The van der Waals surface area contributed by atoms with E-state index in [1.807, 2.05) is 6.08 Å². The Hall–Kier alpha value is -5.75. The molecule has 0 aliphatic heterocycles. The van der Waals surface area contributed by atoms with Crippen LogP contribution in [0.4, 0.5) is 0 Å². The molecule has 6 heteroatoms. The van der Waals surface area contributed by atoms with E-state index in [1.165, 1.54) is 64.2 Å². The summed E-state index contributed by atoms with van der Waals surface area (Å²) in [6, 6.07) is 0. The summed E-state index contributed by atoms with van der Waals surface area (Å²) < 4.78 is 16.8. The van der Waals surface area contributed by atoms with Gasteiger partial charge in [-0.1, -0.05) is 279 Å². The fraction of sp³-hybridized carbons (Fsp3) is 0.533. The lowest BCUT2D eigenvalue weighted by molar-refractivity contribution is -0.166. The van der Waals surface area contributed by atoms with Gasteiger partial charge in [0.15, 0.2) is 6.10 Å². The molecular weight excluding hydrogens is 997 g/mol. The Bertz CT molecular complexity index is 1950. The summed E-state index contributed by atoms with van der Waals surface area (Å²) in [5.74, 6) is -1.15. The average molecular weight is 1110 g/mol.